The first-order chi connectivity index (χ1) is 8.93. The minimum atomic E-state index is -4.11. The first-order valence-electron chi connectivity index (χ1n) is 6.73. The van der Waals surface area contributed by atoms with Crippen molar-refractivity contribution >= 4 is 0 Å². The van der Waals surface area contributed by atoms with Gasteiger partial charge in [0.1, 0.15) is 11.9 Å². The average molecular weight is 274 g/mol. The van der Waals surface area contributed by atoms with Gasteiger partial charge in [0.2, 0.25) is 0 Å². The molecule has 3 unspecified atom stereocenters. The minimum Gasteiger partial charge on any atom is -0.367 e. The van der Waals surface area contributed by atoms with E-state index in [1.807, 2.05) is 6.92 Å². The lowest BCUT2D eigenvalue weighted by Gasteiger charge is -2.23. The maximum atomic E-state index is 12.7. The van der Waals surface area contributed by atoms with Gasteiger partial charge in [0, 0.05) is 12.1 Å². The van der Waals surface area contributed by atoms with Gasteiger partial charge in [-0.15, -0.1) is 0 Å². The number of imidazole rings is 1. The molecule has 1 aliphatic heterocycles. The maximum absolute atomic E-state index is 12.7. The fraction of sp³-hybridized carbons (Fsp3) is 0.769. The summed E-state index contributed by atoms with van der Waals surface area (Å²) in [7, 11) is 0. The van der Waals surface area contributed by atoms with Crippen molar-refractivity contribution in [3.63, 3.8) is 0 Å². The Bertz CT molecular complexity index is 469. The van der Waals surface area contributed by atoms with Crippen LogP contribution in [0.4, 0.5) is 13.2 Å². The number of aromatic nitrogens is 2. The van der Waals surface area contributed by atoms with E-state index < -0.39 is 12.1 Å². The summed E-state index contributed by atoms with van der Waals surface area (Å²) in [6.45, 7) is 2.00. The Morgan fingerprint density at radius 3 is 2.68 bits per heavy atom. The van der Waals surface area contributed by atoms with Gasteiger partial charge in [-0.3, -0.25) is 0 Å². The number of alkyl halides is 3. The highest BCUT2D eigenvalue weighted by Crippen LogP contribution is 2.38. The van der Waals surface area contributed by atoms with E-state index in [1.165, 1.54) is 0 Å². The third-order valence-electron chi connectivity index (χ3n) is 4.06. The molecule has 1 aromatic heterocycles. The summed E-state index contributed by atoms with van der Waals surface area (Å²) < 4.78 is 43.9. The van der Waals surface area contributed by atoms with E-state index in [2.05, 4.69) is 9.97 Å². The van der Waals surface area contributed by atoms with Crippen LogP contribution in [0.1, 0.15) is 49.5 Å². The third-order valence-corrected chi connectivity index (χ3v) is 4.06. The quantitative estimate of drug-likeness (QED) is 0.853. The first kappa shape index (κ1) is 13.0. The van der Waals surface area contributed by atoms with Gasteiger partial charge in [0.15, 0.2) is 0 Å². The van der Waals surface area contributed by atoms with Crippen molar-refractivity contribution in [2.45, 2.75) is 57.4 Å². The third kappa shape index (κ3) is 2.50. The SMILES string of the molecule is CC1CCC(c2nc3c([nH]2)CC(C(F)(F)F)CC3)O1. The van der Waals surface area contributed by atoms with Crippen molar-refractivity contribution in [2.75, 3.05) is 0 Å². The second-order valence-electron chi connectivity index (χ2n) is 5.54. The van der Waals surface area contributed by atoms with E-state index in [1.54, 1.807) is 0 Å². The zero-order valence-electron chi connectivity index (χ0n) is 10.8. The molecule has 3 rings (SSSR count). The van der Waals surface area contributed by atoms with E-state index in [0.29, 0.717) is 17.9 Å². The van der Waals surface area contributed by atoms with Crippen LogP contribution in [0.25, 0.3) is 0 Å². The Morgan fingerprint density at radius 1 is 1.26 bits per heavy atom. The summed E-state index contributed by atoms with van der Waals surface area (Å²) in [6, 6.07) is 0. The highest BCUT2D eigenvalue weighted by Gasteiger charge is 2.42. The minimum absolute atomic E-state index is 0.0219. The molecule has 0 bridgehead atoms. The molecule has 1 saturated heterocycles. The molecular weight excluding hydrogens is 257 g/mol. The van der Waals surface area contributed by atoms with Crippen LogP contribution in [0.2, 0.25) is 0 Å². The summed E-state index contributed by atoms with van der Waals surface area (Å²) in [6.07, 6.45) is -1.56. The summed E-state index contributed by atoms with van der Waals surface area (Å²) in [5.74, 6) is -0.533. The lowest BCUT2D eigenvalue weighted by Crippen LogP contribution is -2.28. The van der Waals surface area contributed by atoms with Crippen LogP contribution in [0, 0.1) is 5.92 Å². The number of halogens is 3. The molecule has 1 aromatic rings. The van der Waals surface area contributed by atoms with Crippen LogP contribution in [0.5, 0.6) is 0 Å². The molecule has 3 nitrogen and oxygen atoms in total. The Kier molecular flexibility index (Phi) is 3.08. The first-order valence-corrected chi connectivity index (χ1v) is 6.73. The molecule has 0 aromatic carbocycles. The van der Waals surface area contributed by atoms with Crippen molar-refractivity contribution in [3.05, 3.63) is 17.2 Å². The molecule has 2 aliphatic rings. The van der Waals surface area contributed by atoms with E-state index in [4.69, 9.17) is 4.74 Å². The predicted octanol–water partition coefficient (Wildman–Crippen LogP) is 3.32. The van der Waals surface area contributed by atoms with Crippen molar-refractivity contribution in [2.24, 2.45) is 5.92 Å². The second kappa shape index (κ2) is 4.51. The highest BCUT2D eigenvalue weighted by molar-refractivity contribution is 5.20. The summed E-state index contributed by atoms with van der Waals surface area (Å²) in [5, 5.41) is 0. The van der Waals surface area contributed by atoms with Crippen molar-refractivity contribution in [3.8, 4) is 0 Å². The zero-order valence-corrected chi connectivity index (χ0v) is 10.8. The smallest absolute Gasteiger partial charge is 0.367 e. The maximum Gasteiger partial charge on any atom is 0.392 e. The topological polar surface area (TPSA) is 37.9 Å². The standard InChI is InChI=1S/C13H17F3N2O/c1-7-2-5-11(19-7)12-17-9-4-3-8(13(14,15)16)6-10(9)18-12/h7-8,11H,2-6H2,1H3,(H,17,18). The second-order valence-corrected chi connectivity index (χ2v) is 5.54. The molecule has 19 heavy (non-hydrogen) atoms. The van der Waals surface area contributed by atoms with Gasteiger partial charge in [-0.2, -0.15) is 13.2 Å². The molecule has 1 aliphatic carbocycles. The Labute approximate surface area is 109 Å². The summed E-state index contributed by atoms with van der Waals surface area (Å²) in [4.78, 5) is 7.50. The number of aryl methyl sites for hydroxylation is 1. The van der Waals surface area contributed by atoms with Gasteiger partial charge in [0.05, 0.1) is 17.7 Å². The Hall–Kier alpha value is -1.04. The number of fused-ring (bicyclic) bond motifs is 1. The predicted molar refractivity (Wildman–Crippen MR) is 62.7 cm³/mol. The van der Waals surface area contributed by atoms with Crippen LogP contribution in [0.15, 0.2) is 0 Å². The average Bonchev–Trinajstić information content (AvgIpc) is 2.92. The van der Waals surface area contributed by atoms with Gasteiger partial charge in [0.25, 0.3) is 0 Å². The van der Waals surface area contributed by atoms with Crippen LogP contribution in [-0.4, -0.2) is 22.2 Å². The van der Waals surface area contributed by atoms with Crippen molar-refractivity contribution < 1.29 is 17.9 Å². The van der Waals surface area contributed by atoms with Crippen LogP contribution in [-0.2, 0) is 17.6 Å². The molecular formula is C13H17F3N2O. The number of H-pyrrole nitrogens is 1. The molecule has 106 valence electrons. The summed E-state index contributed by atoms with van der Waals surface area (Å²) in [5.41, 5.74) is 1.44. The Morgan fingerprint density at radius 2 is 2.05 bits per heavy atom. The molecule has 0 spiro atoms. The number of hydrogen-bond acceptors (Lipinski definition) is 2. The van der Waals surface area contributed by atoms with Crippen molar-refractivity contribution in [1.29, 1.82) is 0 Å². The molecule has 0 radical (unpaired) electrons. The largest absolute Gasteiger partial charge is 0.392 e. The number of rotatable bonds is 1. The fourth-order valence-corrected chi connectivity index (χ4v) is 2.94. The molecule has 6 heteroatoms. The monoisotopic (exact) mass is 274 g/mol. The molecule has 1 fully saturated rings. The van der Waals surface area contributed by atoms with E-state index >= 15 is 0 Å². The van der Waals surface area contributed by atoms with Gasteiger partial charge in [-0.05, 0) is 32.6 Å². The number of hydrogen-bond donors (Lipinski definition) is 1. The lowest BCUT2D eigenvalue weighted by molar-refractivity contribution is -0.177. The molecule has 0 amide bonds. The normalized spacial score (nSPS) is 31.5. The van der Waals surface area contributed by atoms with Gasteiger partial charge >= 0.3 is 6.18 Å². The summed E-state index contributed by atoms with van der Waals surface area (Å²) >= 11 is 0. The number of nitrogens with zero attached hydrogens (tertiary/aromatic N) is 1. The van der Waals surface area contributed by atoms with Gasteiger partial charge < -0.3 is 9.72 Å². The number of ether oxygens (including phenoxy) is 1. The van der Waals surface area contributed by atoms with Gasteiger partial charge in [-0.25, -0.2) is 4.98 Å². The molecule has 1 N–H and O–H groups in total. The van der Waals surface area contributed by atoms with E-state index in [-0.39, 0.29) is 25.0 Å². The number of aromatic amines is 1. The molecule has 2 heterocycles. The van der Waals surface area contributed by atoms with Gasteiger partial charge in [-0.1, -0.05) is 0 Å². The Balaban J connectivity index is 1.77. The number of nitrogens with one attached hydrogen (secondary N) is 1. The van der Waals surface area contributed by atoms with Crippen LogP contribution >= 0.6 is 0 Å². The van der Waals surface area contributed by atoms with Crippen LogP contribution in [0.3, 0.4) is 0 Å². The lowest BCUT2D eigenvalue weighted by atomic mass is 9.89. The van der Waals surface area contributed by atoms with Crippen molar-refractivity contribution in [1.82, 2.24) is 9.97 Å². The van der Waals surface area contributed by atoms with Crippen LogP contribution < -0.4 is 0 Å². The highest BCUT2D eigenvalue weighted by atomic mass is 19.4. The zero-order chi connectivity index (χ0) is 13.6. The van der Waals surface area contributed by atoms with E-state index in [9.17, 15) is 13.2 Å². The van der Waals surface area contributed by atoms with E-state index in [0.717, 1.165) is 18.5 Å². The molecule has 3 atom stereocenters. The molecule has 0 saturated carbocycles. The fourth-order valence-electron chi connectivity index (χ4n) is 2.94.